The topological polar surface area (TPSA) is 101 Å². The SMILES string of the molecule is O=S1(=O)NC(=NCCO)C2(CC2)Oc2ncccc21. The van der Waals surface area contributed by atoms with Gasteiger partial charge in [0.15, 0.2) is 11.4 Å². The zero-order valence-corrected chi connectivity index (χ0v) is 10.9. The highest BCUT2D eigenvalue weighted by Gasteiger charge is 2.54. The number of aliphatic hydroxyl groups excluding tert-OH is 1. The molecule has 1 aliphatic carbocycles. The Hall–Kier alpha value is -1.67. The number of rotatable bonds is 2. The van der Waals surface area contributed by atoms with Gasteiger partial charge < -0.3 is 9.84 Å². The number of sulfonamides is 1. The number of amidine groups is 1. The summed E-state index contributed by atoms with van der Waals surface area (Å²) in [5.41, 5.74) is -0.734. The summed E-state index contributed by atoms with van der Waals surface area (Å²) >= 11 is 0. The van der Waals surface area contributed by atoms with Crippen molar-refractivity contribution in [3.05, 3.63) is 18.3 Å². The fourth-order valence-corrected chi connectivity index (χ4v) is 3.15. The number of nitrogens with zero attached hydrogens (tertiary/aromatic N) is 2. The molecular weight excluding hydrogens is 270 g/mol. The molecule has 1 spiro atoms. The van der Waals surface area contributed by atoms with Crippen LogP contribution in [-0.4, -0.2) is 43.1 Å². The summed E-state index contributed by atoms with van der Waals surface area (Å²) in [6, 6.07) is 2.98. The number of ether oxygens (including phenoxy) is 1. The van der Waals surface area contributed by atoms with E-state index in [0.717, 1.165) is 0 Å². The second-order valence-electron chi connectivity index (χ2n) is 4.46. The Bertz CT molecular complexity index is 637. The molecule has 0 saturated heterocycles. The van der Waals surface area contributed by atoms with Crippen LogP contribution in [0, 0.1) is 0 Å². The molecule has 1 fully saturated rings. The number of pyridine rings is 1. The molecule has 0 bridgehead atoms. The minimum atomic E-state index is -3.74. The lowest BCUT2D eigenvalue weighted by atomic mass is 10.3. The van der Waals surface area contributed by atoms with Crippen LogP contribution in [0.2, 0.25) is 0 Å². The number of aromatic nitrogens is 1. The van der Waals surface area contributed by atoms with Gasteiger partial charge in [0.1, 0.15) is 4.90 Å². The predicted octanol–water partition coefficient (Wildman–Crippen LogP) is -0.324. The number of hydrogen-bond donors (Lipinski definition) is 2. The van der Waals surface area contributed by atoms with Crippen LogP contribution >= 0.6 is 0 Å². The van der Waals surface area contributed by atoms with Gasteiger partial charge in [-0.05, 0) is 25.0 Å². The Labute approximate surface area is 110 Å². The Morgan fingerprint density at radius 2 is 2.32 bits per heavy atom. The van der Waals surface area contributed by atoms with Crippen molar-refractivity contribution in [2.45, 2.75) is 23.3 Å². The van der Waals surface area contributed by atoms with E-state index in [1.54, 1.807) is 0 Å². The molecule has 0 unspecified atom stereocenters. The molecule has 102 valence electrons. The molecule has 7 nitrogen and oxygen atoms in total. The number of aliphatic imine (C=N–C) groups is 1. The fraction of sp³-hybridized carbons (Fsp3) is 0.455. The maximum atomic E-state index is 12.2. The van der Waals surface area contributed by atoms with E-state index in [4.69, 9.17) is 9.84 Å². The van der Waals surface area contributed by atoms with E-state index >= 15 is 0 Å². The second kappa shape index (κ2) is 4.17. The molecule has 0 aromatic carbocycles. The Kier molecular flexibility index (Phi) is 2.72. The highest BCUT2D eigenvalue weighted by Crippen LogP contribution is 2.44. The summed E-state index contributed by atoms with van der Waals surface area (Å²) in [6.45, 7) is -0.0146. The molecule has 0 atom stereocenters. The first-order chi connectivity index (χ1) is 9.07. The van der Waals surface area contributed by atoms with Crippen LogP contribution in [0.5, 0.6) is 5.88 Å². The third-order valence-corrected chi connectivity index (χ3v) is 4.41. The Balaban J connectivity index is 2.09. The molecule has 0 amide bonds. The van der Waals surface area contributed by atoms with Crippen molar-refractivity contribution in [1.29, 1.82) is 0 Å². The summed E-state index contributed by atoms with van der Waals surface area (Å²) in [6.07, 6.45) is 2.84. The number of hydrogen-bond acceptors (Lipinski definition) is 6. The highest BCUT2D eigenvalue weighted by molar-refractivity contribution is 7.90. The summed E-state index contributed by atoms with van der Waals surface area (Å²) in [7, 11) is -3.74. The summed E-state index contributed by atoms with van der Waals surface area (Å²) in [4.78, 5) is 8.07. The molecule has 2 N–H and O–H groups in total. The number of aliphatic hydroxyl groups is 1. The van der Waals surface area contributed by atoms with E-state index in [9.17, 15) is 8.42 Å². The summed E-state index contributed by atoms with van der Waals surface area (Å²) in [5, 5.41) is 8.82. The standard InChI is InChI=1S/C11H13N3O4S/c15-7-6-13-10-11(3-4-11)18-9-8(2-1-5-12-9)19(16,17)14-10/h1-2,5,15H,3-4,6-7H2,(H,13,14). The first-order valence-electron chi connectivity index (χ1n) is 5.90. The molecule has 1 aromatic heterocycles. The third kappa shape index (κ3) is 2.06. The molecule has 1 saturated carbocycles. The van der Waals surface area contributed by atoms with Gasteiger partial charge in [0.25, 0.3) is 10.0 Å². The van der Waals surface area contributed by atoms with E-state index in [-0.39, 0.29) is 29.8 Å². The van der Waals surface area contributed by atoms with Crippen molar-refractivity contribution in [2.75, 3.05) is 13.2 Å². The van der Waals surface area contributed by atoms with Crippen molar-refractivity contribution in [3.63, 3.8) is 0 Å². The predicted molar refractivity (Wildman–Crippen MR) is 66.5 cm³/mol. The molecular formula is C11H13N3O4S. The lowest BCUT2D eigenvalue weighted by Gasteiger charge is -2.15. The van der Waals surface area contributed by atoms with Crippen LogP contribution in [0.4, 0.5) is 0 Å². The van der Waals surface area contributed by atoms with Gasteiger partial charge in [-0.25, -0.2) is 13.4 Å². The quantitative estimate of drug-likeness (QED) is 0.774. The summed E-state index contributed by atoms with van der Waals surface area (Å²) in [5.74, 6) is 0.348. The first kappa shape index (κ1) is 12.4. The molecule has 19 heavy (non-hydrogen) atoms. The van der Waals surface area contributed by atoms with Crippen LogP contribution in [0.1, 0.15) is 12.8 Å². The third-order valence-electron chi connectivity index (χ3n) is 3.05. The Morgan fingerprint density at radius 3 is 3.00 bits per heavy atom. The molecule has 2 aliphatic rings. The van der Waals surface area contributed by atoms with Crippen molar-refractivity contribution in [3.8, 4) is 5.88 Å². The zero-order valence-electron chi connectivity index (χ0n) is 10.0. The van der Waals surface area contributed by atoms with Crippen molar-refractivity contribution in [1.82, 2.24) is 9.71 Å². The zero-order chi connectivity index (χ0) is 13.5. The second-order valence-corrected chi connectivity index (χ2v) is 6.11. The maximum absolute atomic E-state index is 12.2. The van der Waals surface area contributed by atoms with E-state index in [2.05, 4.69) is 14.7 Å². The average molecular weight is 283 g/mol. The van der Waals surface area contributed by atoms with Crippen molar-refractivity contribution < 1.29 is 18.3 Å². The van der Waals surface area contributed by atoms with Gasteiger partial charge in [0, 0.05) is 6.20 Å². The van der Waals surface area contributed by atoms with Gasteiger partial charge in [-0.15, -0.1) is 0 Å². The lowest BCUT2D eigenvalue weighted by Crippen LogP contribution is -2.41. The number of fused-ring (bicyclic) bond motifs is 1. The molecule has 1 aromatic rings. The minimum Gasteiger partial charge on any atom is -0.462 e. The molecule has 3 rings (SSSR count). The van der Waals surface area contributed by atoms with E-state index in [0.29, 0.717) is 12.8 Å². The smallest absolute Gasteiger partial charge is 0.268 e. The van der Waals surface area contributed by atoms with Gasteiger partial charge >= 0.3 is 0 Å². The van der Waals surface area contributed by atoms with Crippen molar-refractivity contribution >= 4 is 15.9 Å². The molecule has 2 heterocycles. The van der Waals surface area contributed by atoms with Crippen LogP contribution in [-0.2, 0) is 10.0 Å². The van der Waals surface area contributed by atoms with Crippen LogP contribution in [0.15, 0.2) is 28.2 Å². The van der Waals surface area contributed by atoms with Crippen molar-refractivity contribution in [2.24, 2.45) is 4.99 Å². The molecule has 0 radical (unpaired) electrons. The summed E-state index contributed by atoms with van der Waals surface area (Å²) < 4.78 is 32.6. The maximum Gasteiger partial charge on any atom is 0.268 e. The van der Waals surface area contributed by atoms with Gasteiger partial charge in [0.05, 0.1) is 13.2 Å². The van der Waals surface area contributed by atoms with Gasteiger partial charge in [-0.3, -0.25) is 9.71 Å². The fourth-order valence-electron chi connectivity index (χ4n) is 1.96. The van der Waals surface area contributed by atoms with Gasteiger partial charge in [0.2, 0.25) is 5.88 Å². The first-order valence-corrected chi connectivity index (χ1v) is 7.38. The minimum absolute atomic E-state index is 0.00970. The van der Waals surface area contributed by atoms with E-state index in [1.807, 2.05) is 0 Å². The Morgan fingerprint density at radius 1 is 1.53 bits per heavy atom. The lowest BCUT2D eigenvalue weighted by molar-refractivity contribution is 0.230. The molecule has 8 heteroatoms. The van der Waals surface area contributed by atoms with E-state index in [1.165, 1.54) is 18.3 Å². The average Bonchev–Trinajstić information content (AvgIpc) is 3.16. The van der Waals surface area contributed by atoms with Crippen LogP contribution in [0.3, 0.4) is 0 Å². The monoisotopic (exact) mass is 283 g/mol. The molecule has 1 aliphatic heterocycles. The van der Waals surface area contributed by atoms with Gasteiger partial charge in [-0.2, -0.15) is 0 Å². The van der Waals surface area contributed by atoms with E-state index < -0.39 is 15.6 Å². The number of nitrogens with one attached hydrogen (secondary N) is 1. The largest absolute Gasteiger partial charge is 0.462 e. The van der Waals surface area contributed by atoms with Crippen LogP contribution < -0.4 is 9.46 Å². The van der Waals surface area contributed by atoms with Crippen LogP contribution in [0.25, 0.3) is 0 Å². The highest BCUT2D eigenvalue weighted by atomic mass is 32.2. The van der Waals surface area contributed by atoms with Gasteiger partial charge in [-0.1, -0.05) is 0 Å². The normalized spacial score (nSPS) is 24.2.